The molecular weight excluding hydrogens is 268 g/mol. The average molecular weight is 292 g/mol. The van der Waals surface area contributed by atoms with Gasteiger partial charge in [-0.3, -0.25) is 9.98 Å². The number of aryl methyl sites for hydroxylation is 4. The second-order valence-electron chi connectivity index (χ2n) is 5.97. The van der Waals surface area contributed by atoms with Gasteiger partial charge in [-0.25, -0.2) is 0 Å². The molecule has 0 N–H and O–H groups in total. The Balaban J connectivity index is 2.37. The van der Waals surface area contributed by atoms with Crippen molar-refractivity contribution in [1.82, 2.24) is 0 Å². The van der Waals surface area contributed by atoms with E-state index in [4.69, 9.17) is 9.98 Å². The van der Waals surface area contributed by atoms with E-state index in [2.05, 4.69) is 64.1 Å². The first-order valence-electron chi connectivity index (χ1n) is 7.62. The Morgan fingerprint density at radius 3 is 1.36 bits per heavy atom. The highest BCUT2D eigenvalue weighted by Crippen LogP contribution is 2.22. The fourth-order valence-electron chi connectivity index (χ4n) is 2.20. The smallest absolute Gasteiger partial charge is 0.0665 e. The quantitative estimate of drug-likeness (QED) is 0.638. The van der Waals surface area contributed by atoms with Crippen LogP contribution in [0.15, 0.2) is 46.4 Å². The van der Waals surface area contributed by atoms with E-state index in [0.717, 1.165) is 22.8 Å². The van der Waals surface area contributed by atoms with Crippen molar-refractivity contribution in [2.45, 2.75) is 41.5 Å². The molecule has 0 aliphatic heterocycles. The highest BCUT2D eigenvalue weighted by atomic mass is 14.8. The zero-order chi connectivity index (χ0) is 16.3. The molecule has 0 heterocycles. The van der Waals surface area contributed by atoms with Gasteiger partial charge in [0.05, 0.1) is 22.8 Å². The molecule has 0 aliphatic carbocycles. The summed E-state index contributed by atoms with van der Waals surface area (Å²) in [6.07, 6.45) is 0. The second kappa shape index (κ2) is 6.69. The molecule has 2 aromatic rings. The minimum absolute atomic E-state index is 0.953. The predicted octanol–water partition coefficient (Wildman–Crippen LogP) is 5.81. The third-order valence-corrected chi connectivity index (χ3v) is 3.83. The summed E-state index contributed by atoms with van der Waals surface area (Å²) in [4.78, 5) is 9.51. The minimum Gasteiger partial charge on any atom is -0.252 e. The Kier molecular flexibility index (Phi) is 4.92. The van der Waals surface area contributed by atoms with Crippen LogP contribution in [0.5, 0.6) is 0 Å². The summed E-state index contributed by atoms with van der Waals surface area (Å²) in [6.45, 7) is 12.4. The molecule has 0 fully saturated rings. The molecule has 0 amide bonds. The molecule has 2 nitrogen and oxygen atoms in total. The van der Waals surface area contributed by atoms with Crippen LogP contribution in [0.4, 0.5) is 11.4 Å². The molecule has 2 heteroatoms. The molecule has 0 aromatic heterocycles. The Hall–Kier alpha value is -2.22. The van der Waals surface area contributed by atoms with E-state index in [1.54, 1.807) is 0 Å². The number of nitrogens with zero attached hydrogens (tertiary/aromatic N) is 2. The van der Waals surface area contributed by atoms with E-state index < -0.39 is 0 Å². The number of aliphatic imine (C=N–C) groups is 2. The van der Waals surface area contributed by atoms with Crippen LogP contribution in [0.2, 0.25) is 0 Å². The van der Waals surface area contributed by atoms with E-state index >= 15 is 0 Å². The SMILES string of the molecule is CC(=N\c1cc(C)ccc1C)/C(C)=N/c1cc(C)ccc1C. The Morgan fingerprint density at radius 2 is 1.00 bits per heavy atom. The van der Waals surface area contributed by atoms with E-state index in [1.807, 2.05) is 13.8 Å². The summed E-state index contributed by atoms with van der Waals surface area (Å²) in [7, 11) is 0. The van der Waals surface area contributed by atoms with Crippen molar-refractivity contribution in [1.29, 1.82) is 0 Å². The lowest BCUT2D eigenvalue weighted by molar-refractivity contribution is 1.34. The maximum atomic E-state index is 4.75. The molecule has 0 unspecified atom stereocenters. The minimum atomic E-state index is 0.953. The van der Waals surface area contributed by atoms with Crippen LogP contribution in [0, 0.1) is 27.7 Å². The zero-order valence-electron chi connectivity index (χ0n) is 14.4. The molecule has 0 saturated carbocycles. The third kappa shape index (κ3) is 3.91. The van der Waals surface area contributed by atoms with Crippen molar-refractivity contribution in [3.8, 4) is 0 Å². The molecule has 0 saturated heterocycles. The lowest BCUT2D eigenvalue weighted by Gasteiger charge is -2.06. The van der Waals surface area contributed by atoms with Gasteiger partial charge in [0.15, 0.2) is 0 Å². The van der Waals surface area contributed by atoms with Gasteiger partial charge in [0.25, 0.3) is 0 Å². The summed E-state index contributed by atoms with van der Waals surface area (Å²) in [6, 6.07) is 12.7. The summed E-state index contributed by atoms with van der Waals surface area (Å²) < 4.78 is 0. The van der Waals surface area contributed by atoms with Crippen molar-refractivity contribution in [3.63, 3.8) is 0 Å². The van der Waals surface area contributed by atoms with Crippen LogP contribution in [0.25, 0.3) is 0 Å². The molecule has 0 bridgehead atoms. The molecule has 2 aromatic carbocycles. The zero-order valence-corrected chi connectivity index (χ0v) is 14.4. The molecule has 0 atom stereocenters. The van der Waals surface area contributed by atoms with Crippen molar-refractivity contribution in [3.05, 3.63) is 58.7 Å². The van der Waals surface area contributed by atoms with Crippen LogP contribution in [0.3, 0.4) is 0 Å². The number of hydrogen-bond donors (Lipinski definition) is 0. The Bertz CT molecular complexity index is 687. The van der Waals surface area contributed by atoms with E-state index in [9.17, 15) is 0 Å². The molecule has 0 aliphatic rings. The number of hydrogen-bond acceptors (Lipinski definition) is 2. The second-order valence-corrected chi connectivity index (χ2v) is 5.97. The predicted molar refractivity (Wildman–Crippen MR) is 97.4 cm³/mol. The summed E-state index contributed by atoms with van der Waals surface area (Å²) >= 11 is 0. The van der Waals surface area contributed by atoms with Gasteiger partial charge in [-0.2, -0.15) is 0 Å². The topological polar surface area (TPSA) is 24.7 Å². The highest BCUT2D eigenvalue weighted by Gasteiger charge is 2.03. The van der Waals surface area contributed by atoms with E-state index in [-0.39, 0.29) is 0 Å². The Labute approximate surface area is 133 Å². The average Bonchev–Trinajstić information content (AvgIpc) is 2.46. The van der Waals surface area contributed by atoms with Crippen molar-refractivity contribution in [2.24, 2.45) is 9.98 Å². The first-order valence-corrected chi connectivity index (χ1v) is 7.62. The van der Waals surface area contributed by atoms with Gasteiger partial charge in [0.1, 0.15) is 0 Å². The lowest BCUT2D eigenvalue weighted by atomic mass is 10.1. The van der Waals surface area contributed by atoms with Gasteiger partial charge < -0.3 is 0 Å². The molecular formula is C20H24N2. The summed E-state index contributed by atoms with van der Waals surface area (Å²) in [5.41, 5.74) is 8.77. The van der Waals surface area contributed by atoms with E-state index in [1.165, 1.54) is 22.3 Å². The molecule has 114 valence electrons. The third-order valence-electron chi connectivity index (χ3n) is 3.83. The van der Waals surface area contributed by atoms with Crippen LogP contribution in [-0.2, 0) is 0 Å². The summed E-state index contributed by atoms with van der Waals surface area (Å²) in [5, 5.41) is 0. The van der Waals surface area contributed by atoms with Gasteiger partial charge >= 0.3 is 0 Å². The Morgan fingerprint density at radius 1 is 0.636 bits per heavy atom. The summed E-state index contributed by atoms with van der Waals surface area (Å²) in [5.74, 6) is 0. The highest BCUT2D eigenvalue weighted by molar-refractivity contribution is 6.41. The molecule has 22 heavy (non-hydrogen) atoms. The van der Waals surface area contributed by atoms with Crippen LogP contribution in [-0.4, -0.2) is 11.4 Å². The maximum Gasteiger partial charge on any atom is 0.0665 e. The van der Waals surface area contributed by atoms with Crippen LogP contribution in [0.1, 0.15) is 36.1 Å². The maximum absolute atomic E-state index is 4.75. The fraction of sp³-hybridized carbons (Fsp3) is 0.300. The fourth-order valence-corrected chi connectivity index (χ4v) is 2.20. The standard InChI is InChI=1S/C20H24N2/c1-13-7-9-15(3)19(11-13)21-17(5)18(6)22-20-12-14(2)8-10-16(20)4/h7-12H,1-6H3/b21-17+,22-18+. The lowest BCUT2D eigenvalue weighted by Crippen LogP contribution is -2.05. The first-order chi connectivity index (χ1) is 10.4. The van der Waals surface area contributed by atoms with Gasteiger partial charge in [0.2, 0.25) is 0 Å². The van der Waals surface area contributed by atoms with Crippen molar-refractivity contribution >= 4 is 22.8 Å². The van der Waals surface area contributed by atoms with Gasteiger partial charge in [-0.15, -0.1) is 0 Å². The van der Waals surface area contributed by atoms with Crippen LogP contribution < -0.4 is 0 Å². The monoisotopic (exact) mass is 292 g/mol. The van der Waals surface area contributed by atoms with Gasteiger partial charge in [0, 0.05) is 0 Å². The van der Waals surface area contributed by atoms with Gasteiger partial charge in [-0.05, 0) is 75.9 Å². The molecule has 0 radical (unpaired) electrons. The van der Waals surface area contributed by atoms with Crippen LogP contribution >= 0.6 is 0 Å². The normalized spacial score (nSPS) is 12.6. The number of benzene rings is 2. The van der Waals surface area contributed by atoms with E-state index in [0.29, 0.717) is 0 Å². The molecule has 0 spiro atoms. The largest absolute Gasteiger partial charge is 0.252 e. The molecule has 2 rings (SSSR count). The van der Waals surface area contributed by atoms with Crippen molar-refractivity contribution in [2.75, 3.05) is 0 Å². The van der Waals surface area contributed by atoms with Crippen molar-refractivity contribution < 1.29 is 0 Å². The number of rotatable bonds is 3. The van der Waals surface area contributed by atoms with Gasteiger partial charge in [-0.1, -0.05) is 24.3 Å². The first kappa shape index (κ1) is 16.2.